The lowest BCUT2D eigenvalue weighted by Gasteiger charge is -2.17. The van der Waals surface area contributed by atoms with Crippen molar-refractivity contribution in [2.24, 2.45) is 0 Å². The molecule has 1 fully saturated rings. The van der Waals surface area contributed by atoms with Gasteiger partial charge < -0.3 is 14.6 Å². The van der Waals surface area contributed by atoms with Crippen LogP contribution in [0.25, 0.3) is 0 Å². The van der Waals surface area contributed by atoms with E-state index in [0.29, 0.717) is 6.61 Å². The van der Waals surface area contributed by atoms with Crippen molar-refractivity contribution in [3.05, 3.63) is 23.3 Å². The second-order valence-corrected chi connectivity index (χ2v) is 5.34. The van der Waals surface area contributed by atoms with E-state index in [1.165, 1.54) is 11.1 Å². The van der Waals surface area contributed by atoms with Crippen LogP contribution in [-0.2, 0) is 12.8 Å². The van der Waals surface area contributed by atoms with Crippen LogP contribution in [0.15, 0.2) is 12.1 Å². The summed E-state index contributed by atoms with van der Waals surface area (Å²) >= 11 is 0. The minimum atomic E-state index is -0.455. The van der Waals surface area contributed by atoms with E-state index in [2.05, 4.69) is 13.0 Å². The van der Waals surface area contributed by atoms with Crippen molar-refractivity contribution < 1.29 is 14.6 Å². The van der Waals surface area contributed by atoms with E-state index < -0.39 is 5.60 Å². The summed E-state index contributed by atoms with van der Waals surface area (Å²) in [7, 11) is 0. The highest BCUT2D eigenvalue weighted by Crippen LogP contribution is 2.42. The number of benzene rings is 1. The van der Waals surface area contributed by atoms with Crippen LogP contribution in [-0.4, -0.2) is 23.9 Å². The molecule has 1 aliphatic carbocycles. The highest BCUT2D eigenvalue weighted by molar-refractivity contribution is 5.51. The predicted octanol–water partition coefficient (Wildman–Crippen LogP) is 2.48. The van der Waals surface area contributed by atoms with Gasteiger partial charge in [0.05, 0.1) is 18.8 Å². The third kappa shape index (κ3) is 2.19. The molecule has 1 heterocycles. The van der Waals surface area contributed by atoms with Crippen LogP contribution < -0.4 is 9.47 Å². The Morgan fingerprint density at radius 3 is 2.72 bits per heavy atom. The first-order valence-electron chi connectivity index (χ1n) is 6.84. The third-order valence-electron chi connectivity index (χ3n) is 3.81. The number of aliphatic hydroxyl groups is 1. The summed E-state index contributed by atoms with van der Waals surface area (Å²) in [6.07, 6.45) is 4.43. The summed E-state index contributed by atoms with van der Waals surface area (Å²) in [6.45, 7) is 3.57. The van der Waals surface area contributed by atoms with Crippen molar-refractivity contribution in [1.82, 2.24) is 0 Å². The molecule has 3 rings (SSSR count). The lowest BCUT2D eigenvalue weighted by atomic mass is 9.97. The number of ether oxygens (including phenoxy) is 2. The Kier molecular flexibility index (Phi) is 2.94. The Morgan fingerprint density at radius 2 is 2.00 bits per heavy atom. The van der Waals surface area contributed by atoms with Crippen LogP contribution in [0.3, 0.4) is 0 Å². The second-order valence-electron chi connectivity index (χ2n) is 5.34. The number of hydrogen-bond donors (Lipinski definition) is 1. The zero-order chi connectivity index (χ0) is 12.6. The van der Waals surface area contributed by atoms with Gasteiger partial charge in [-0.1, -0.05) is 13.0 Å². The standard InChI is InChI=1S/C15H20O3/c1-2-12-11(10-15(16)6-7-15)4-5-13-14(12)18-9-3-8-17-13/h4-5,16H,2-3,6-10H2,1H3. The summed E-state index contributed by atoms with van der Waals surface area (Å²) in [6, 6.07) is 4.07. The topological polar surface area (TPSA) is 38.7 Å². The Morgan fingerprint density at radius 1 is 1.22 bits per heavy atom. The lowest BCUT2D eigenvalue weighted by Crippen LogP contribution is -2.13. The molecule has 1 aromatic rings. The molecule has 0 aromatic heterocycles. The van der Waals surface area contributed by atoms with Gasteiger partial charge in [-0.05, 0) is 30.9 Å². The number of rotatable bonds is 3. The van der Waals surface area contributed by atoms with Gasteiger partial charge >= 0.3 is 0 Å². The molecule has 0 unspecified atom stereocenters. The monoisotopic (exact) mass is 248 g/mol. The first-order valence-corrected chi connectivity index (χ1v) is 6.84. The Balaban J connectivity index is 1.96. The molecule has 1 N–H and O–H groups in total. The van der Waals surface area contributed by atoms with Crippen molar-refractivity contribution in [2.75, 3.05) is 13.2 Å². The quantitative estimate of drug-likeness (QED) is 0.893. The highest BCUT2D eigenvalue weighted by atomic mass is 16.5. The average Bonchev–Trinajstić information content (AvgIpc) is 3.12. The minimum Gasteiger partial charge on any atom is -0.490 e. The van der Waals surface area contributed by atoms with Gasteiger partial charge in [-0.15, -0.1) is 0 Å². The van der Waals surface area contributed by atoms with Gasteiger partial charge in [0, 0.05) is 18.4 Å². The number of hydrogen-bond acceptors (Lipinski definition) is 3. The first kappa shape index (κ1) is 11.8. The van der Waals surface area contributed by atoms with E-state index in [4.69, 9.17) is 9.47 Å². The van der Waals surface area contributed by atoms with E-state index in [-0.39, 0.29) is 0 Å². The zero-order valence-electron chi connectivity index (χ0n) is 10.9. The molecule has 1 saturated carbocycles. The molecule has 2 aliphatic rings. The maximum atomic E-state index is 10.1. The van der Waals surface area contributed by atoms with Crippen LogP contribution in [0, 0.1) is 0 Å². The molecule has 3 heteroatoms. The van der Waals surface area contributed by atoms with E-state index in [0.717, 1.165) is 50.2 Å². The van der Waals surface area contributed by atoms with Gasteiger partial charge in [0.1, 0.15) is 0 Å². The molecule has 1 aliphatic heterocycles. The Labute approximate surface area is 108 Å². The molecule has 0 bridgehead atoms. The van der Waals surface area contributed by atoms with Crippen molar-refractivity contribution >= 4 is 0 Å². The third-order valence-corrected chi connectivity index (χ3v) is 3.81. The zero-order valence-corrected chi connectivity index (χ0v) is 10.9. The highest BCUT2D eigenvalue weighted by Gasteiger charge is 2.40. The SMILES string of the molecule is CCc1c(CC2(O)CC2)ccc2c1OCCCO2. The predicted molar refractivity (Wildman–Crippen MR) is 69.3 cm³/mol. The Bertz CT molecular complexity index is 449. The van der Waals surface area contributed by atoms with Crippen molar-refractivity contribution in [2.45, 2.75) is 44.6 Å². The van der Waals surface area contributed by atoms with Gasteiger partial charge in [-0.25, -0.2) is 0 Å². The smallest absolute Gasteiger partial charge is 0.164 e. The summed E-state index contributed by atoms with van der Waals surface area (Å²) in [5, 5.41) is 10.1. The molecule has 0 radical (unpaired) electrons. The fourth-order valence-corrected chi connectivity index (χ4v) is 2.56. The molecule has 18 heavy (non-hydrogen) atoms. The second kappa shape index (κ2) is 4.47. The Hall–Kier alpha value is -1.22. The van der Waals surface area contributed by atoms with Crippen LogP contribution in [0.1, 0.15) is 37.3 Å². The van der Waals surface area contributed by atoms with Gasteiger partial charge in [-0.3, -0.25) is 0 Å². The molecule has 1 aromatic carbocycles. The maximum Gasteiger partial charge on any atom is 0.164 e. The van der Waals surface area contributed by atoms with E-state index in [1.807, 2.05) is 6.07 Å². The lowest BCUT2D eigenvalue weighted by molar-refractivity contribution is 0.150. The normalized spacial score (nSPS) is 20.3. The molecular formula is C15H20O3. The molecule has 98 valence electrons. The van der Waals surface area contributed by atoms with Crippen molar-refractivity contribution in [3.63, 3.8) is 0 Å². The molecule has 0 amide bonds. The van der Waals surface area contributed by atoms with Crippen LogP contribution >= 0.6 is 0 Å². The van der Waals surface area contributed by atoms with Crippen LogP contribution in [0.5, 0.6) is 11.5 Å². The van der Waals surface area contributed by atoms with E-state index in [1.54, 1.807) is 0 Å². The molecule has 3 nitrogen and oxygen atoms in total. The molecule has 0 saturated heterocycles. The van der Waals surface area contributed by atoms with E-state index >= 15 is 0 Å². The first-order chi connectivity index (χ1) is 8.72. The van der Waals surface area contributed by atoms with Gasteiger partial charge in [0.15, 0.2) is 11.5 Å². The molecular weight excluding hydrogens is 228 g/mol. The van der Waals surface area contributed by atoms with Crippen molar-refractivity contribution in [3.8, 4) is 11.5 Å². The fourth-order valence-electron chi connectivity index (χ4n) is 2.56. The van der Waals surface area contributed by atoms with Crippen LogP contribution in [0.4, 0.5) is 0 Å². The number of fused-ring (bicyclic) bond motifs is 1. The largest absolute Gasteiger partial charge is 0.490 e. The summed E-state index contributed by atoms with van der Waals surface area (Å²) < 4.78 is 11.5. The molecule has 0 atom stereocenters. The van der Waals surface area contributed by atoms with Gasteiger partial charge in [-0.2, -0.15) is 0 Å². The molecule has 0 spiro atoms. The summed E-state index contributed by atoms with van der Waals surface area (Å²) in [5.74, 6) is 1.76. The summed E-state index contributed by atoms with van der Waals surface area (Å²) in [4.78, 5) is 0. The summed E-state index contributed by atoms with van der Waals surface area (Å²) in [5.41, 5.74) is 1.96. The van der Waals surface area contributed by atoms with E-state index in [9.17, 15) is 5.11 Å². The van der Waals surface area contributed by atoms with Gasteiger partial charge in [0.2, 0.25) is 0 Å². The minimum absolute atomic E-state index is 0.455. The maximum absolute atomic E-state index is 10.1. The van der Waals surface area contributed by atoms with Crippen molar-refractivity contribution in [1.29, 1.82) is 0 Å². The van der Waals surface area contributed by atoms with Crippen LogP contribution in [0.2, 0.25) is 0 Å². The fraction of sp³-hybridized carbons (Fsp3) is 0.600. The average molecular weight is 248 g/mol. The van der Waals surface area contributed by atoms with Gasteiger partial charge in [0.25, 0.3) is 0 Å².